The van der Waals surface area contributed by atoms with Gasteiger partial charge in [0.25, 0.3) is 17.7 Å². The third kappa shape index (κ3) is 22.2. The number of nitrogens with one attached hydrogen (secondary N) is 3. The molecule has 0 aliphatic carbocycles. The minimum Gasteiger partial charge on any atom is -0.381 e. The molecule has 123 heavy (non-hydrogen) atoms. The van der Waals surface area contributed by atoms with E-state index in [9.17, 15) is 40.7 Å². The molecule has 18 nitrogen and oxygen atoms in total. The van der Waals surface area contributed by atoms with Crippen molar-refractivity contribution in [2.75, 3.05) is 154 Å². The molecular weight excluding hydrogens is 1570 g/mol. The van der Waals surface area contributed by atoms with Crippen LogP contribution in [-0.4, -0.2) is 189 Å². The summed E-state index contributed by atoms with van der Waals surface area (Å²) in [5.41, 5.74) is 16.2. The van der Waals surface area contributed by atoms with Crippen molar-refractivity contribution in [3.8, 4) is 0 Å². The highest BCUT2D eigenvalue weighted by Crippen LogP contribution is 2.34. The van der Waals surface area contributed by atoms with E-state index in [0.717, 1.165) is 255 Å². The van der Waals surface area contributed by atoms with Gasteiger partial charge in [0.15, 0.2) is 0 Å². The van der Waals surface area contributed by atoms with Gasteiger partial charge in [-0.3, -0.25) is 29.4 Å². The Morgan fingerprint density at radius 1 is 0.341 bits per heavy atom. The van der Waals surface area contributed by atoms with E-state index in [1.54, 1.807) is 12.1 Å². The van der Waals surface area contributed by atoms with Crippen molar-refractivity contribution < 1.29 is 63.2 Å². The number of piperazine rings is 3. The van der Waals surface area contributed by atoms with Gasteiger partial charge in [0.2, 0.25) is 0 Å². The number of ether oxygens (including phenoxy) is 3. The molecule has 0 radical (unpaired) electrons. The molecule has 642 valence electrons. The number of hydrogen-bond acceptors (Lipinski definition) is 15. The van der Waals surface area contributed by atoms with E-state index in [2.05, 4.69) is 106 Å². The Kier molecular flexibility index (Phi) is 25.3. The number of aliphatic imine (C=N–C) groups is 3. The first-order valence-electron chi connectivity index (χ1n) is 46.0. The molecule has 0 unspecified atom stereocenters. The van der Waals surface area contributed by atoms with Crippen molar-refractivity contribution in [2.45, 2.75) is 96.7 Å². The monoisotopic (exact) mass is 1680 g/mol. The summed E-state index contributed by atoms with van der Waals surface area (Å²) in [6, 6.07) is 34.2. The van der Waals surface area contributed by atoms with Crippen molar-refractivity contribution in [1.29, 1.82) is 0 Å². The number of anilines is 3. The maximum Gasteiger partial charge on any atom is 0.257 e. The molecule has 9 aliphatic rings. The first-order chi connectivity index (χ1) is 62.3. The molecule has 24 heteroatoms. The van der Waals surface area contributed by atoms with Gasteiger partial charge < -0.3 is 59.6 Å². The number of amides is 3. The van der Waals surface area contributed by atoms with E-state index >= 15 is 0 Å². The predicted octanol–water partition coefficient (Wildman–Crippen LogP) is 14.9. The number of benzene rings is 9. The average molecular weight is 1680 g/mol. The standard InChI is InChI=1S/3C33H36F2N4O2/c3*1-38-8-10-39(11-9-38)29-4-5-30(26(19-29)15-22-6-12-41-13-7-22)33(40)37-32-31-18-23(2-3-25(31)21-36-32)14-24-16-27(34)20-28(35)17-24/h3*2-5,16-20,22H,6-15,21H2,1H3,(H,36,37,40)/i16D,17D,20D;16D,20D;20D. The third-order valence-corrected chi connectivity index (χ3v) is 24.9. The van der Waals surface area contributed by atoms with Crippen LogP contribution in [0.2, 0.25) is 0 Å². The summed E-state index contributed by atoms with van der Waals surface area (Å²) in [4.78, 5) is 69.2. The molecule has 9 aromatic rings. The largest absolute Gasteiger partial charge is 0.381 e. The maximum atomic E-state index is 14.3. The second-order valence-corrected chi connectivity index (χ2v) is 33.8. The first-order valence-corrected chi connectivity index (χ1v) is 43.0. The number of carbonyl (C=O) groups excluding carboxylic acids is 3. The van der Waals surface area contributed by atoms with Crippen LogP contribution < -0.4 is 30.7 Å². The summed E-state index contributed by atoms with van der Waals surface area (Å²) >= 11 is 0. The highest BCUT2D eigenvalue weighted by atomic mass is 19.2. The van der Waals surface area contributed by atoms with Crippen LogP contribution >= 0.6 is 0 Å². The molecule has 3 N–H and O–H groups in total. The number of hydrogen-bond donors (Lipinski definition) is 3. The fraction of sp³-hybridized carbons (Fsp3) is 0.394. The lowest BCUT2D eigenvalue weighted by molar-refractivity contribution is 0.0663. The number of likely N-dealkylation sites (N-methyl/N-ethyl adjacent to an activating group) is 3. The zero-order chi connectivity index (χ0) is 90.3. The van der Waals surface area contributed by atoms with Gasteiger partial charge in [-0.1, -0.05) is 36.4 Å². The molecule has 0 atom stereocenters. The van der Waals surface area contributed by atoms with E-state index in [1.807, 2.05) is 72.8 Å². The number of halogens is 6. The molecule has 9 heterocycles. The third-order valence-electron chi connectivity index (χ3n) is 24.9. The highest BCUT2D eigenvalue weighted by molar-refractivity contribution is 6.16. The van der Waals surface area contributed by atoms with Crippen LogP contribution in [0.15, 0.2) is 179 Å². The Morgan fingerprint density at radius 3 is 0.959 bits per heavy atom. The lowest BCUT2D eigenvalue weighted by Gasteiger charge is -2.34. The van der Waals surface area contributed by atoms with Gasteiger partial charge in [-0.25, -0.2) is 26.3 Å². The van der Waals surface area contributed by atoms with Gasteiger partial charge >= 0.3 is 0 Å². The van der Waals surface area contributed by atoms with Crippen LogP contribution in [0.3, 0.4) is 0 Å². The lowest BCUT2D eigenvalue weighted by Crippen LogP contribution is -2.44. The number of carbonyl (C=O) groups is 3. The van der Waals surface area contributed by atoms with Gasteiger partial charge in [0, 0.05) is 187 Å². The summed E-state index contributed by atoms with van der Waals surface area (Å²) in [6.07, 6.45) is 8.60. The van der Waals surface area contributed by atoms with Crippen LogP contribution in [0.25, 0.3) is 0 Å². The Bertz CT molecular complexity index is 5750. The second-order valence-electron chi connectivity index (χ2n) is 33.8. The summed E-state index contributed by atoms with van der Waals surface area (Å²) < 4.78 is 148. The van der Waals surface area contributed by atoms with Crippen LogP contribution in [-0.2, 0) is 72.4 Å². The normalized spacial score (nSPS) is 18.5. The SMILES string of the molecule is [2H]c1c(F)c([2H])c(Cc2ccc3c(c2)C(NC(=O)c2ccc(N4CCN(C)CC4)cc2CC2CCOCC2)=NC3)c([2H])c1F.[2H]c1c(F)cc(Cc2ccc3c(c2)C(NC(=O)c2ccc(N4CCN(C)CC4)cc2CC2CCOCC2)=NC3)c([2H])c1F.[2H]c1c(F)cc(Cc2ccc3c(c2)C(NC(=O)c2ccc(N4CCN(C)CC4)cc2CC2CCOCC2)=NC3)cc1F. The van der Waals surface area contributed by atoms with E-state index in [-0.39, 0.29) is 41.7 Å². The molecule has 18 rings (SSSR count). The molecule has 3 amide bonds. The van der Waals surface area contributed by atoms with Crippen LogP contribution in [0.4, 0.5) is 43.4 Å². The highest BCUT2D eigenvalue weighted by Gasteiger charge is 2.31. The molecule has 9 aliphatic heterocycles. The first kappa shape index (κ1) is 78.1. The van der Waals surface area contributed by atoms with Crippen molar-refractivity contribution in [2.24, 2.45) is 32.7 Å². The topological polar surface area (TPSA) is 172 Å². The summed E-state index contributed by atoms with van der Waals surface area (Å²) in [6.45, 7) is 17.4. The van der Waals surface area contributed by atoms with Crippen molar-refractivity contribution in [3.63, 3.8) is 0 Å². The Morgan fingerprint density at radius 2 is 0.626 bits per heavy atom. The van der Waals surface area contributed by atoms with E-state index in [0.29, 0.717) is 94.7 Å². The van der Waals surface area contributed by atoms with Crippen molar-refractivity contribution >= 4 is 52.3 Å². The zero-order valence-corrected chi connectivity index (χ0v) is 69.9. The maximum absolute atomic E-state index is 14.3. The van der Waals surface area contributed by atoms with Crippen molar-refractivity contribution in [3.05, 3.63) is 299 Å². The molecule has 6 saturated heterocycles. The minimum atomic E-state index is -1.28. The summed E-state index contributed by atoms with van der Waals surface area (Å²) in [5, 5.41) is 9.14. The Labute approximate surface area is 724 Å². The summed E-state index contributed by atoms with van der Waals surface area (Å²) in [7, 11) is 6.41. The van der Waals surface area contributed by atoms with Gasteiger partial charge in [-0.05, 0) is 292 Å². The smallest absolute Gasteiger partial charge is 0.257 e. The fourth-order valence-corrected chi connectivity index (χ4v) is 17.8. The second kappa shape index (κ2) is 39.8. The van der Waals surface area contributed by atoms with E-state index in [4.69, 9.17) is 22.4 Å². The fourth-order valence-electron chi connectivity index (χ4n) is 17.8. The van der Waals surface area contributed by atoms with Gasteiger partial charge in [0.1, 0.15) is 52.4 Å². The molecule has 0 saturated carbocycles. The molecular formula is C99H108F6N12O6. The zero-order valence-electron chi connectivity index (χ0n) is 75.9. The minimum absolute atomic E-state index is 0.0662. The molecule has 0 bridgehead atoms. The van der Waals surface area contributed by atoms with E-state index in [1.165, 1.54) is 12.1 Å². The van der Waals surface area contributed by atoms with Gasteiger partial charge in [-0.2, -0.15) is 0 Å². The summed E-state index contributed by atoms with van der Waals surface area (Å²) in [5.74, 6) is -4.36. The Hall–Kier alpha value is -10.9. The quantitative estimate of drug-likeness (QED) is 0.0696. The Balaban J connectivity index is 0.000000142. The van der Waals surface area contributed by atoms with Gasteiger partial charge in [0.05, 0.1) is 27.9 Å². The average Bonchev–Trinajstić information content (AvgIpc) is 1.72. The molecule has 9 aromatic carbocycles. The van der Waals surface area contributed by atoms with E-state index < -0.39 is 71.2 Å². The molecule has 6 fully saturated rings. The molecule has 0 aromatic heterocycles. The van der Waals surface area contributed by atoms with Crippen LogP contribution in [0, 0.1) is 52.7 Å². The van der Waals surface area contributed by atoms with Gasteiger partial charge in [-0.15, -0.1) is 0 Å². The van der Waals surface area contributed by atoms with Crippen LogP contribution in [0.1, 0.15) is 161 Å². The van der Waals surface area contributed by atoms with Crippen LogP contribution in [0.5, 0.6) is 0 Å². The predicted molar refractivity (Wildman–Crippen MR) is 470 cm³/mol. The van der Waals surface area contributed by atoms with Crippen molar-refractivity contribution in [1.82, 2.24) is 30.7 Å². The lowest BCUT2D eigenvalue weighted by atomic mass is 9.89. The number of amidine groups is 3. The number of fused-ring (bicyclic) bond motifs is 3. The molecule has 0 spiro atoms. The number of nitrogens with zero attached hydrogens (tertiary/aromatic N) is 9. The number of rotatable bonds is 18.